The number of rotatable bonds is 8. The van der Waals surface area contributed by atoms with E-state index in [1.165, 1.54) is 18.2 Å². The number of hydrogen-bond acceptors (Lipinski definition) is 9. The van der Waals surface area contributed by atoms with Crippen LogP contribution in [0.15, 0.2) is 46.9 Å². The summed E-state index contributed by atoms with van der Waals surface area (Å²) in [4.78, 5) is 17.1. The van der Waals surface area contributed by atoms with Gasteiger partial charge in [0.15, 0.2) is 11.4 Å². The number of carbonyl (C=O) groups excluding carboxylic acids is 1. The number of nitrogens with one attached hydrogen (secondary N) is 5. The molecule has 3 unspecified atom stereocenters. The van der Waals surface area contributed by atoms with E-state index >= 15 is 0 Å². The highest BCUT2D eigenvalue weighted by molar-refractivity contribution is 5.96. The Bertz CT molecular complexity index is 808. The van der Waals surface area contributed by atoms with E-state index in [0.29, 0.717) is 17.0 Å². The van der Waals surface area contributed by atoms with E-state index in [4.69, 9.17) is 5.21 Å². The van der Waals surface area contributed by atoms with Crippen molar-refractivity contribution in [2.75, 3.05) is 13.2 Å². The molecular weight excluding hydrogens is 390 g/mol. The zero-order valence-corrected chi connectivity index (χ0v) is 15.7. The van der Waals surface area contributed by atoms with Gasteiger partial charge >= 0.3 is 0 Å². The summed E-state index contributed by atoms with van der Waals surface area (Å²) >= 11 is 0. The Morgan fingerprint density at radius 2 is 1.86 bits per heavy atom. The van der Waals surface area contributed by atoms with Crippen molar-refractivity contribution < 1.29 is 41.1 Å². The molecule has 0 saturated heterocycles. The molecule has 13 nitrogen and oxygen atoms in total. The highest BCUT2D eigenvalue weighted by atomic mass is 17.1. The Labute approximate surface area is 165 Å². The van der Waals surface area contributed by atoms with E-state index < -0.39 is 27.7 Å². The average Bonchev–Trinajstić information content (AvgIpc) is 2.64. The van der Waals surface area contributed by atoms with E-state index in [0.717, 1.165) is 0 Å². The lowest BCUT2D eigenvalue weighted by Crippen LogP contribution is -3.03. The quantitative estimate of drug-likeness (QED) is 0.161. The van der Waals surface area contributed by atoms with Gasteiger partial charge < -0.3 is 26.3 Å². The number of hydrogen-bond donors (Lipinski definition) is 8. The van der Waals surface area contributed by atoms with Crippen LogP contribution in [-0.4, -0.2) is 34.7 Å². The van der Waals surface area contributed by atoms with Crippen LogP contribution in [0.3, 0.4) is 0 Å². The van der Waals surface area contributed by atoms with Crippen molar-refractivity contribution >= 4 is 11.6 Å². The van der Waals surface area contributed by atoms with E-state index in [2.05, 4.69) is 15.5 Å². The van der Waals surface area contributed by atoms with Gasteiger partial charge in [0, 0.05) is 24.4 Å². The van der Waals surface area contributed by atoms with Gasteiger partial charge in [0.25, 0.3) is 0 Å². The highest BCUT2D eigenvalue weighted by Crippen LogP contribution is 2.35. The number of benzene rings is 1. The molecule has 0 aromatic heterocycles. The van der Waals surface area contributed by atoms with Gasteiger partial charge in [-0.25, -0.2) is 10.4 Å². The molecule has 29 heavy (non-hydrogen) atoms. The first kappa shape index (κ1) is 22.9. The Hall–Kier alpha value is -2.43. The van der Waals surface area contributed by atoms with Crippen molar-refractivity contribution in [2.45, 2.75) is 19.8 Å². The molecule has 1 aliphatic rings. The first-order chi connectivity index (χ1) is 13.6. The molecular formula is C16H23N5O8. The minimum absolute atomic E-state index is 0.0457. The van der Waals surface area contributed by atoms with E-state index in [1.54, 1.807) is 19.9 Å². The van der Waals surface area contributed by atoms with Crippen LogP contribution in [0.2, 0.25) is 0 Å². The fourth-order valence-corrected chi connectivity index (χ4v) is 3.16. The summed E-state index contributed by atoms with van der Waals surface area (Å²) in [5, 5.41) is 62.6. The van der Waals surface area contributed by atoms with E-state index in [-0.39, 0.29) is 30.1 Å². The van der Waals surface area contributed by atoms with Gasteiger partial charge in [-0.2, -0.15) is 20.5 Å². The van der Waals surface area contributed by atoms with E-state index in [1.807, 2.05) is 0 Å². The van der Waals surface area contributed by atoms with Gasteiger partial charge in [-0.05, 0) is 19.4 Å². The summed E-state index contributed by atoms with van der Waals surface area (Å²) in [5.41, 5.74) is 1.00. The van der Waals surface area contributed by atoms with Crippen LogP contribution in [0.5, 0.6) is 0 Å². The first-order valence-corrected chi connectivity index (χ1v) is 8.52. The average molecular weight is 413 g/mol. The van der Waals surface area contributed by atoms with Gasteiger partial charge in [-0.3, -0.25) is 4.79 Å². The SMILES string of the molecule is CC1=C(C(=O)NCCO[NH+]([O-])O)[C@H](c2cccc([NH+]([O-])O)c2)C([NH+]([O-])O)=C(C)N1. The lowest BCUT2D eigenvalue weighted by molar-refractivity contribution is -1.21. The van der Waals surface area contributed by atoms with Crippen LogP contribution in [0.4, 0.5) is 5.69 Å². The maximum absolute atomic E-state index is 12.8. The lowest BCUT2D eigenvalue weighted by atomic mass is 9.83. The smallest absolute Gasteiger partial charge is 0.250 e. The highest BCUT2D eigenvalue weighted by Gasteiger charge is 2.37. The number of carbonyl (C=O) groups is 1. The lowest BCUT2D eigenvalue weighted by Gasteiger charge is -2.33. The van der Waals surface area contributed by atoms with Crippen LogP contribution in [0, 0.1) is 15.6 Å². The second-order valence-electron chi connectivity index (χ2n) is 6.24. The van der Waals surface area contributed by atoms with Gasteiger partial charge in [-0.15, -0.1) is 0 Å². The van der Waals surface area contributed by atoms with Crippen LogP contribution in [0.25, 0.3) is 0 Å². The normalized spacial score (nSPS) is 20.2. The molecule has 0 fully saturated rings. The van der Waals surface area contributed by atoms with Gasteiger partial charge in [-0.1, -0.05) is 17.5 Å². The zero-order valence-electron chi connectivity index (χ0n) is 15.7. The number of allylic oxidation sites excluding steroid dienone is 3. The van der Waals surface area contributed by atoms with E-state index in [9.17, 15) is 30.8 Å². The van der Waals surface area contributed by atoms with Crippen LogP contribution < -0.4 is 26.5 Å². The summed E-state index contributed by atoms with van der Waals surface area (Å²) in [6.45, 7) is 2.75. The molecule has 4 atom stereocenters. The maximum Gasteiger partial charge on any atom is 0.250 e. The summed E-state index contributed by atoms with van der Waals surface area (Å²) in [6.07, 6.45) is 0. The van der Waals surface area contributed by atoms with Crippen molar-refractivity contribution in [3.8, 4) is 0 Å². The van der Waals surface area contributed by atoms with Gasteiger partial charge in [0.1, 0.15) is 6.61 Å². The molecule has 1 heterocycles. The third kappa shape index (κ3) is 5.55. The van der Waals surface area contributed by atoms with Crippen molar-refractivity contribution in [3.63, 3.8) is 0 Å². The predicted molar refractivity (Wildman–Crippen MR) is 94.7 cm³/mol. The summed E-state index contributed by atoms with van der Waals surface area (Å²) in [6, 6.07) is 5.71. The van der Waals surface area contributed by atoms with Crippen molar-refractivity contribution in [1.82, 2.24) is 10.6 Å². The Morgan fingerprint density at radius 1 is 1.17 bits per heavy atom. The first-order valence-electron chi connectivity index (χ1n) is 8.52. The Balaban J connectivity index is 2.42. The molecule has 0 saturated carbocycles. The molecule has 0 bridgehead atoms. The van der Waals surface area contributed by atoms with Crippen LogP contribution in [0.1, 0.15) is 25.3 Å². The summed E-state index contributed by atoms with van der Waals surface area (Å²) < 4.78 is 0. The Morgan fingerprint density at radius 3 is 2.45 bits per heavy atom. The Kier molecular flexibility index (Phi) is 7.77. The number of quaternary nitrogens is 3. The molecule has 1 amide bonds. The molecule has 1 aromatic rings. The molecule has 0 spiro atoms. The molecule has 1 aliphatic heterocycles. The molecule has 0 radical (unpaired) electrons. The number of hydroxylamine groups is 2. The molecule has 2 rings (SSSR count). The molecule has 8 N–H and O–H groups in total. The maximum atomic E-state index is 12.8. The van der Waals surface area contributed by atoms with Crippen molar-refractivity contribution in [3.05, 3.63) is 68.1 Å². The van der Waals surface area contributed by atoms with Gasteiger partial charge in [0.2, 0.25) is 5.91 Å². The molecule has 1 aromatic carbocycles. The monoisotopic (exact) mass is 413 g/mol. The van der Waals surface area contributed by atoms with Crippen molar-refractivity contribution in [2.24, 2.45) is 0 Å². The number of amides is 1. The summed E-state index contributed by atoms with van der Waals surface area (Å²) in [7, 11) is 0. The second-order valence-corrected chi connectivity index (χ2v) is 6.24. The standard InChI is InChI=1S/C16H23N5O8/c1-9-13(16(22)17-6-7-29-21(27)28)14(15(20(25)26)10(2)18-9)11-4-3-5-12(8-11)19(23)24/h3-5,8,14,18-21,23,25,27H,6-7H2,1-2H3,(H,17,22)/t14-/m0/s1. The number of dihydropyridines is 1. The van der Waals surface area contributed by atoms with Gasteiger partial charge in [0.05, 0.1) is 17.2 Å². The van der Waals surface area contributed by atoms with Crippen molar-refractivity contribution in [1.29, 1.82) is 0 Å². The predicted octanol–water partition coefficient (Wildman–Crippen LogP) is -3.13. The topological polar surface area (TPSA) is 194 Å². The largest absolute Gasteiger partial charge is 0.595 e. The molecule has 160 valence electrons. The van der Waals surface area contributed by atoms with Crippen LogP contribution in [-0.2, 0) is 9.63 Å². The second kappa shape index (κ2) is 9.86. The molecule has 0 aliphatic carbocycles. The third-order valence-corrected chi connectivity index (χ3v) is 4.32. The fourth-order valence-electron chi connectivity index (χ4n) is 3.16. The minimum Gasteiger partial charge on any atom is -0.595 e. The minimum atomic E-state index is -1.48. The fraction of sp³-hybridized carbons (Fsp3) is 0.312. The summed E-state index contributed by atoms with van der Waals surface area (Å²) in [5.74, 6) is -1.64. The third-order valence-electron chi connectivity index (χ3n) is 4.32. The van der Waals surface area contributed by atoms with Crippen LogP contribution >= 0.6 is 0 Å². The zero-order chi connectivity index (χ0) is 21.7. The molecule has 13 heteroatoms.